The van der Waals surface area contributed by atoms with Crippen molar-refractivity contribution < 1.29 is 23.8 Å². The zero-order valence-corrected chi connectivity index (χ0v) is 13.7. The van der Waals surface area contributed by atoms with E-state index in [-0.39, 0.29) is 17.2 Å². The molecule has 2 aromatic carbocycles. The molecule has 1 atom stereocenters. The highest BCUT2D eigenvalue weighted by Gasteiger charge is 2.21. The Hall–Kier alpha value is -3.35. The molecule has 1 aromatic heterocycles. The number of hydrogen-bond acceptors (Lipinski definition) is 7. The molecule has 0 fully saturated rings. The van der Waals surface area contributed by atoms with Crippen molar-refractivity contribution >= 4 is 5.97 Å². The zero-order chi connectivity index (χ0) is 17.8. The van der Waals surface area contributed by atoms with Gasteiger partial charge in [-0.25, -0.2) is 4.79 Å². The van der Waals surface area contributed by atoms with Crippen molar-refractivity contribution in [3.63, 3.8) is 0 Å². The van der Waals surface area contributed by atoms with Crippen molar-refractivity contribution in [2.45, 2.75) is 13.0 Å². The first-order valence-electron chi connectivity index (χ1n) is 7.55. The second-order valence-electron chi connectivity index (χ2n) is 5.24. The highest BCUT2D eigenvalue weighted by Crippen LogP contribution is 2.27. The quantitative estimate of drug-likeness (QED) is 0.711. The van der Waals surface area contributed by atoms with Gasteiger partial charge in [-0.05, 0) is 31.2 Å². The molecule has 0 amide bonds. The van der Waals surface area contributed by atoms with E-state index in [2.05, 4.69) is 10.2 Å². The van der Waals surface area contributed by atoms with Gasteiger partial charge in [0.05, 0.1) is 7.11 Å². The van der Waals surface area contributed by atoms with Crippen LogP contribution in [0.5, 0.6) is 11.5 Å². The minimum absolute atomic E-state index is 0.0236. The predicted octanol–water partition coefficient (Wildman–Crippen LogP) is 3.37. The van der Waals surface area contributed by atoms with E-state index in [1.807, 2.05) is 30.3 Å². The first-order chi connectivity index (χ1) is 12.1. The van der Waals surface area contributed by atoms with Crippen LogP contribution in [0.3, 0.4) is 0 Å². The van der Waals surface area contributed by atoms with Gasteiger partial charge in [0.25, 0.3) is 5.89 Å². The van der Waals surface area contributed by atoms with Crippen LogP contribution in [0, 0.1) is 0 Å². The molecule has 25 heavy (non-hydrogen) atoms. The third-order valence-electron chi connectivity index (χ3n) is 3.52. The number of esters is 1. The van der Waals surface area contributed by atoms with E-state index in [1.54, 1.807) is 13.0 Å². The summed E-state index contributed by atoms with van der Waals surface area (Å²) < 4.78 is 15.8. The third-order valence-corrected chi connectivity index (χ3v) is 3.52. The standard InChI is InChI=1S/C18H16N2O5/c1-11(16-19-20-17(25-16)12-6-4-3-5-7-12)24-18(22)14-9-8-13(23-2)10-15(14)21/h3-11,21H,1-2H3/t11-/m1/s1. The highest BCUT2D eigenvalue weighted by molar-refractivity contribution is 5.92. The molecule has 0 spiro atoms. The molecule has 0 radical (unpaired) electrons. The van der Waals surface area contributed by atoms with Gasteiger partial charge < -0.3 is 19.0 Å². The highest BCUT2D eigenvalue weighted by atomic mass is 16.6. The summed E-state index contributed by atoms with van der Waals surface area (Å²) in [5, 5.41) is 17.8. The lowest BCUT2D eigenvalue weighted by atomic mass is 10.2. The summed E-state index contributed by atoms with van der Waals surface area (Å²) >= 11 is 0. The number of carbonyl (C=O) groups is 1. The number of phenolic OH excluding ortho intramolecular Hbond substituents is 1. The number of phenols is 1. The van der Waals surface area contributed by atoms with Crippen LogP contribution in [0.4, 0.5) is 0 Å². The minimum atomic E-state index is -0.765. The predicted molar refractivity (Wildman–Crippen MR) is 88.2 cm³/mol. The molecule has 0 saturated carbocycles. The second kappa shape index (κ2) is 7.04. The Labute approximate surface area is 143 Å². The smallest absolute Gasteiger partial charge is 0.342 e. The first-order valence-corrected chi connectivity index (χ1v) is 7.55. The van der Waals surface area contributed by atoms with E-state index >= 15 is 0 Å². The van der Waals surface area contributed by atoms with Gasteiger partial charge in [-0.15, -0.1) is 10.2 Å². The van der Waals surface area contributed by atoms with Gasteiger partial charge in [-0.2, -0.15) is 0 Å². The Morgan fingerprint density at radius 3 is 2.60 bits per heavy atom. The first kappa shape index (κ1) is 16.5. The third kappa shape index (κ3) is 3.60. The number of hydrogen-bond donors (Lipinski definition) is 1. The van der Waals surface area contributed by atoms with Gasteiger partial charge in [-0.1, -0.05) is 18.2 Å². The van der Waals surface area contributed by atoms with Crippen LogP contribution < -0.4 is 4.74 Å². The number of benzene rings is 2. The number of aromatic hydroxyl groups is 1. The molecule has 1 N–H and O–H groups in total. The summed E-state index contributed by atoms with van der Waals surface area (Å²) in [6.45, 7) is 1.61. The van der Waals surface area contributed by atoms with Crippen LogP contribution in [0.15, 0.2) is 52.9 Å². The van der Waals surface area contributed by atoms with Crippen LogP contribution in [0.2, 0.25) is 0 Å². The van der Waals surface area contributed by atoms with Crippen LogP contribution in [-0.2, 0) is 4.74 Å². The van der Waals surface area contributed by atoms with E-state index in [4.69, 9.17) is 13.9 Å². The molecule has 0 aliphatic rings. The Bertz CT molecular complexity index is 876. The molecular weight excluding hydrogens is 324 g/mol. The molecule has 7 heteroatoms. The van der Waals surface area contributed by atoms with E-state index in [9.17, 15) is 9.90 Å². The lowest BCUT2D eigenvalue weighted by molar-refractivity contribution is 0.0276. The summed E-state index contributed by atoms with van der Waals surface area (Å²) in [6, 6.07) is 13.6. The van der Waals surface area contributed by atoms with Crippen molar-refractivity contribution in [2.24, 2.45) is 0 Å². The normalized spacial score (nSPS) is 11.8. The van der Waals surface area contributed by atoms with Gasteiger partial charge in [0.15, 0.2) is 6.10 Å². The molecular formula is C18H16N2O5. The number of carbonyl (C=O) groups excluding carboxylic acids is 1. The Morgan fingerprint density at radius 2 is 1.92 bits per heavy atom. The fourth-order valence-corrected chi connectivity index (χ4v) is 2.18. The van der Waals surface area contributed by atoms with Crippen molar-refractivity contribution in [1.29, 1.82) is 0 Å². The number of nitrogens with zero attached hydrogens (tertiary/aromatic N) is 2. The topological polar surface area (TPSA) is 94.7 Å². The molecule has 0 bridgehead atoms. The number of aromatic nitrogens is 2. The molecule has 0 aliphatic carbocycles. The average molecular weight is 340 g/mol. The maximum atomic E-state index is 12.2. The van der Waals surface area contributed by atoms with Crippen LogP contribution in [-0.4, -0.2) is 28.4 Å². The van der Waals surface area contributed by atoms with Crippen LogP contribution >= 0.6 is 0 Å². The lowest BCUT2D eigenvalue weighted by Crippen LogP contribution is -2.10. The average Bonchev–Trinajstić information content (AvgIpc) is 3.12. The summed E-state index contributed by atoms with van der Waals surface area (Å²) in [5.74, 6) is 0.0108. The SMILES string of the molecule is COc1ccc(C(=O)O[C@H](C)c2nnc(-c3ccccc3)o2)c(O)c1. The largest absolute Gasteiger partial charge is 0.507 e. The zero-order valence-electron chi connectivity index (χ0n) is 13.7. The second-order valence-corrected chi connectivity index (χ2v) is 5.24. The van der Waals surface area contributed by atoms with E-state index < -0.39 is 12.1 Å². The molecule has 1 heterocycles. The fourth-order valence-electron chi connectivity index (χ4n) is 2.18. The summed E-state index contributed by atoms with van der Waals surface area (Å²) in [6.07, 6.45) is -0.765. The molecule has 3 aromatic rings. The molecule has 0 unspecified atom stereocenters. The van der Waals surface area contributed by atoms with Gasteiger partial charge in [-0.3, -0.25) is 0 Å². The molecule has 128 valence electrons. The fraction of sp³-hybridized carbons (Fsp3) is 0.167. The van der Waals surface area contributed by atoms with E-state index in [1.165, 1.54) is 19.2 Å². The van der Waals surface area contributed by atoms with Crippen molar-refractivity contribution in [3.8, 4) is 23.0 Å². The van der Waals surface area contributed by atoms with Crippen LogP contribution in [0.1, 0.15) is 29.3 Å². The van der Waals surface area contributed by atoms with Gasteiger partial charge >= 0.3 is 5.97 Å². The summed E-state index contributed by atoms with van der Waals surface area (Å²) in [7, 11) is 1.47. The molecule has 3 rings (SSSR count). The number of rotatable bonds is 5. The van der Waals surface area contributed by atoms with Crippen molar-refractivity contribution in [2.75, 3.05) is 7.11 Å². The van der Waals surface area contributed by atoms with Gasteiger partial charge in [0, 0.05) is 11.6 Å². The van der Waals surface area contributed by atoms with E-state index in [0.29, 0.717) is 11.6 Å². The monoisotopic (exact) mass is 340 g/mol. The maximum Gasteiger partial charge on any atom is 0.342 e. The minimum Gasteiger partial charge on any atom is -0.507 e. The molecule has 0 aliphatic heterocycles. The lowest BCUT2D eigenvalue weighted by Gasteiger charge is -2.11. The Balaban J connectivity index is 1.73. The number of methoxy groups -OCH3 is 1. The van der Waals surface area contributed by atoms with Gasteiger partial charge in [0.1, 0.15) is 17.1 Å². The maximum absolute atomic E-state index is 12.2. The van der Waals surface area contributed by atoms with Crippen molar-refractivity contribution in [1.82, 2.24) is 10.2 Å². The van der Waals surface area contributed by atoms with E-state index in [0.717, 1.165) is 5.56 Å². The summed E-state index contributed by atoms with van der Waals surface area (Å²) in [4.78, 5) is 12.2. The van der Waals surface area contributed by atoms with Crippen LogP contribution in [0.25, 0.3) is 11.5 Å². The Kier molecular flexibility index (Phi) is 4.65. The molecule has 7 nitrogen and oxygen atoms in total. The Morgan fingerprint density at radius 1 is 1.16 bits per heavy atom. The number of ether oxygens (including phenoxy) is 2. The van der Waals surface area contributed by atoms with Crippen molar-refractivity contribution in [3.05, 3.63) is 60.0 Å². The van der Waals surface area contributed by atoms with Gasteiger partial charge in [0.2, 0.25) is 5.89 Å². The summed E-state index contributed by atoms with van der Waals surface area (Å²) in [5.41, 5.74) is 0.794. The molecule has 0 saturated heterocycles.